The van der Waals surface area contributed by atoms with Crippen LogP contribution in [0, 0.1) is 5.92 Å². The van der Waals surface area contributed by atoms with E-state index in [1.807, 2.05) is 17.0 Å². The summed E-state index contributed by atoms with van der Waals surface area (Å²) in [7, 11) is 0. The number of ether oxygens (including phenoxy) is 1. The summed E-state index contributed by atoms with van der Waals surface area (Å²) in [6, 6.07) is 8.15. The molecule has 27 heavy (non-hydrogen) atoms. The van der Waals surface area contributed by atoms with E-state index in [9.17, 15) is 4.79 Å². The number of amides is 1. The highest BCUT2D eigenvalue weighted by Gasteiger charge is 2.21. The van der Waals surface area contributed by atoms with Gasteiger partial charge in [0.2, 0.25) is 5.91 Å². The summed E-state index contributed by atoms with van der Waals surface area (Å²) in [4.78, 5) is 18.3. The molecule has 2 aliphatic rings. The standard InChI is InChI=1S/C21H32N4O2/c1-2-22-21(23-12-4-14-27-16-18-6-7-18)24-15-17-8-10-19(11-9-17)25-13-3-5-20(25)26/h8-11,18H,2-7,12-16H2,1H3,(H2,22,23,24). The summed E-state index contributed by atoms with van der Waals surface area (Å²) in [6.45, 7) is 6.92. The second kappa shape index (κ2) is 10.3. The van der Waals surface area contributed by atoms with Crippen LogP contribution in [0.25, 0.3) is 0 Å². The zero-order valence-electron chi connectivity index (χ0n) is 16.4. The Hall–Kier alpha value is -2.08. The molecule has 1 saturated carbocycles. The molecule has 2 fully saturated rings. The average molecular weight is 373 g/mol. The average Bonchev–Trinajstić information content (AvgIpc) is 3.41. The molecule has 1 aromatic rings. The monoisotopic (exact) mass is 372 g/mol. The molecule has 6 heteroatoms. The van der Waals surface area contributed by atoms with Gasteiger partial charge in [0, 0.05) is 45.0 Å². The lowest BCUT2D eigenvalue weighted by molar-refractivity contribution is -0.117. The molecule has 1 aliphatic carbocycles. The summed E-state index contributed by atoms with van der Waals surface area (Å²) >= 11 is 0. The lowest BCUT2D eigenvalue weighted by Crippen LogP contribution is -2.38. The van der Waals surface area contributed by atoms with Crippen molar-refractivity contribution < 1.29 is 9.53 Å². The first-order valence-corrected chi connectivity index (χ1v) is 10.3. The number of guanidine groups is 1. The van der Waals surface area contributed by atoms with E-state index < -0.39 is 0 Å². The van der Waals surface area contributed by atoms with Gasteiger partial charge in [-0.15, -0.1) is 0 Å². The van der Waals surface area contributed by atoms with Gasteiger partial charge in [0.15, 0.2) is 5.96 Å². The third kappa shape index (κ3) is 6.54. The van der Waals surface area contributed by atoms with Crippen molar-refractivity contribution in [3.8, 4) is 0 Å². The van der Waals surface area contributed by atoms with Crippen LogP contribution in [0.2, 0.25) is 0 Å². The fourth-order valence-corrected chi connectivity index (χ4v) is 3.13. The summed E-state index contributed by atoms with van der Waals surface area (Å²) < 4.78 is 5.66. The maximum absolute atomic E-state index is 11.8. The molecular formula is C21H32N4O2. The number of carbonyl (C=O) groups excluding carboxylic acids is 1. The number of benzene rings is 1. The van der Waals surface area contributed by atoms with Crippen LogP contribution in [0.15, 0.2) is 29.3 Å². The number of hydrogen-bond donors (Lipinski definition) is 2. The molecule has 1 amide bonds. The Kier molecular flexibility index (Phi) is 7.51. The summed E-state index contributed by atoms with van der Waals surface area (Å²) in [5, 5.41) is 6.64. The van der Waals surface area contributed by atoms with Gasteiger partial charge in [0.1, 0.15) is 0 Å². The van der Waals surface area contributed by atoms with Crippen molar-refractivity contribution >= 4 is 17.6 Å². The quantitative estimate of drug-likeness (QED) is 0.376. The Morgan fingerprint density at radius 1 is 1.26 bits per heavy atom. The van der Waals surface area contributed by atoms with Gasteiger partial charge in [-0.05, 0) is 56.2 Å². The molecule has 0 atom stereocenters. The van der Waals surface area contributed by atoms with E-state index in [0.717, 1.165) is 68.8 Å². The third-order valence-corrected chi connectivity index (χ3v) is 4.89. The van der Waals surface area contributed by atoms with E-state index in [1.165, 1.54) is 12.8 Å². The third-order valence-electron chi connectivity index (χ3n) is 4.89. The predicted molar refractivity (Wildman–Crippen MR) is 109 cm³/mol. The van der Waals surface area contributed by atoms with Crippen molar-refractivity contribution in [3.63, 3.8) is 0 Å². The van der Waals surface area contributed by atoms with Crippen molar-refractivity contribution in [2.75, 3.05) is 37.7 Å². The van der Waals surface area contributed by atoms with Gasteiger partial charge >= 0.3 is 0 Å². The van der Waals surface area contributed by atoms with Crippen LogP contribution < -0.4 is 15.5 Å². The molecule has 0 unspecified atom stereocenters. The van der Waals surface area contributed by atoms with Gasteiger partial charge in [0.05, 0.1) is 6.54 Å². The second-order valence-corrected chi connectivity index (χ2v) is 7.31. The molecule has 0 spiro atoms. The normalized spacial score (nSPS) is 17.4. The van der Waals surface area contributed by atoms with Crippen molar-refractivity contribution in [2.45, 2.75) is 45.6 Å². The first kappa shape index (κ1) is 19.7. The maximum Gasteiger partial charge on any atom is 0.227 e. The van der Waals surface area contributed by atoms with Crippen LogP contribution in [-0.4, -0.2) is 44.7 Å². The number of hydrogen-bond acceptors (Lipinski definition) is 3. The lowest BCUT2D eigenvalue weighted by Gasteiger charge is -2.16. The minimum atomic E-state index is 0.223. The Balaban J connectivity index is 1.41. The first-order valence-electron chi connectivity index (χ1n) is 10.3. The van der Waals surface area contributed by atoms with Crippen LogP contribution in [0.3, 0.4) is 0 Å². The Morgan fingerprint density at radius 2 is 2.07 bits per heavy atom. The van der Waals surface area contributed by atoms with Crippen LogP contribution in [0.4, 0.5) is 5.69 Å². The highest BCUT2D eigenvalue weighted by molar-refractivity contribution is 5.95. The van der Waals surface area contributed by atoms with Gasteiger partial charge < -0.3 is 20.3 Å². The predicted octanol–water partition coefficient (Wildman–Crippen LogP) is 2.69. The second-order valence-electron chi connectivity index (χ2n) is 7.31. The zero-order valence-corrected chi connectivity index (χ0v) is 16.4. The number of aliphatic imine (C=N–C) groups is 1. The van der Waals surface area contributed by atoms with E-state index in [4.69, 9.17) is 4.74 Å². The lowest BCUT2D eigenvalue weighted by atomic mass is 10.2. The van der Waals surface area contributed by atoms with Gasteiger partial charge in [-0.1, -0.05) is 12.1 Å². The van der Waals surface area contributed by atoms with E-state index in [1.54, 1.807) is 0 Å². The minimum Gasteiger partial charge on any atom is -0.381 e. The molecule has 1 aromatic carbocycles. The van der Waals surface area contributed by atoms with Gasteiger partial charge in [0.25, 0.3) is 0 Å². The topological polar surface area (TPSA) is 66.0 Å². The van der Waals surface area contributed by atoms with Crippen molar-refractivity contribution in [1.82, 2.24) is 10.6 Å². The van der Waals surface area contributed by atoms with E-state index in [2.05, 4.69) is 34.7 Å². The Bertz CT molecular complexity index is 626. The molecule has 1 aliphatic heterocycles. The van der Waals surface area contributed by atoms with Crippen molar-refractivity contribution in [2.24, 2.45) is 10.9 Å². The van der Waals surface area contributed by atoms with Crippen LogP contribution in [-0.2, 0) is 16.1 Å². The van der Waals surface area contributed by atoms with Crippen LogP contribution in [0.1, 0.15) is 44.6 Å². The highest BCUT2D eigenvalue weighted by Crippen LogP contribution is 2.28. The minimum absolute atomic E-state index is 0.223. The van der Waals surface area contributed by atoms with Crippen molar-refractivity contribution in [3.05, 3.63) is 29.8 Å². The molecule has 0 radical (unpaired) electrons. The molecule has 6 nitrogen and oxygen atoms in total. The zero-order chi connectivity index (χ0) is 18.9. The molecule has 2 N–H and O–H groups in total. The molecule has 1 saturated heterocycles. The molecule has 3 rings (SSSR count). The van der Waals surface area contributed by atoms with Crippen LogP contribution >= 0.6 is 0 Å². The molecule has 0 bridgehead atoms. The number of nitrogens with zero attached hydrogens (tertiary/aromatic N) is 2. The largest absolute Gasteiger partial charge is 0.381 e. The summed E-state index contributed by atoms with van der Waals surface area (Å²) in [6.07, 6.45) is 5.27. The van der Waals surface area contributed by atoms with Gasteiger partial charge in [-0.25, -0.2) is 4.99 Å². The fourth-order valence-electron chi connectivity index (χ4n) is 3.13. The number of rotatable bonds is 10. The van der Waals surface area contributed by atoms with Gasteiger partial charge in [-0.3, -0.25) is 4.79 Å². The summed E-state index contributed by atoms with van der Waals surface area (Å²) in [5.74, 6) is 1.88. The Labute approximate surface area is 162 Å². The van der Waals surface area contributed by atoms with Crippen LogP contribution in [0.5, 0.6) is 0 Å². The van der Waals surface area contributed by atoms with E-state index >= 15 is 0 Å². The summed E-state index contributed by atoms with van der Waals surface area (Å²) in [5.41, 5.74) is 2.12. The first-order chi connectivity index (χ1) is 13.3. The number of carbonyl (C=O) groups is 1. The highest BCUT2D eigenvalue weighted by atomic mass is 16.5. The van der Waals surface area contributed by atoms with E-state index in [-0.39, 0.29) is 5.91 Å². The number of nitrogens with one attached hydrogen (secondary N) is 2. The Morgan fingerprint density at radius 3 is 2.74 bits per heavy atom. The van der Waals surface area contributed by atoms with Crippen molar-refractivity contribution in [1.29, 1.82) is 0 Å². The molecule has 1 heterocycles. The molecule has 0 aromatic heterocycles. The molecular weight excluding hydrogens is 340 g/mol. The SMILES string of the molecule is CCNC(=NCc1ccc(N2CCCC2=O)cc1)NCCCOCC1CC1. The number of anilines is 1. The molecule has 148 valence electrons. The van der Waals surface area contributed by atoms with E-state index in [0.29, 0.717) is 13.0 Å². The van der Waals surface area contributed by atoms with Gasteiger partial charge in [-0.2, -0.15) is 0 Å². The maximum atomic E-state index is 11.8. The fraction of sp³-hybridized carbons (Fsp3) is 0.619. The smallest absolute Gasteiger partial charge is 0.227 e.